The molecule has 0 unspecified atom stereocenters. The predicted octanol–water partition coefficient (Wildman–Crippen LogP) is 4.37. The molecule has 2 aromatic heterocycles. The fourth-order valence-corrected chi connectivity index (χ4v) is 6.07. The van der Waals surface area contributed by atoms with E-state index in [9.17, 15) is 22.0 Å². The predicted molar refractivity (Wildman–Crippen MR) is 110 cm³/mol. The highest BCUT2D eigenvalue weighted by Crippen LogP contribution is 2.31. The van der Waals surface area contributed by atoms with Gasteiger partial charge in [0.25, 0.3) is 10.0 Å². The fraction of sp³-hybridized carbons (Fsp3) is 0.176. The topological polar surface area (TPSA) is 79.4 Å². The molecular weight excluding hydrogens is 464 g/mol. The van der Waals surface area contributed by atoms with Crippen molar-refractivity contribution in [1.29, 1.82) is 0 Å². The number of amides is 1. The van der Waals surface area contributed by atoms with Crippen LogP contribution in [0.1, 0.15) is 4.88 Å². The Hall–Kier alpha value is -1.92. The Morgan fingerprint density at radius 1 is 1.21 bits per heavy atom. The Balaban J connectivity index is 1.72. The average molecular weight is 478 g/mol. The minimum absolute atomic E-state index is 0.0310. The van der Waals surface area contributed by atoms with Crippen molar-refractivity contribution in [2.24, 2.45) is 0 Å². The summed E-state index contributed by atoms with van der Waals surface area (Å²) in [5.74, 6) is -2.56. The smallest absolute Gasteiger partial charge is 0.252 e. The molecule has 0 aliphatic carbocycles. The van der Waals surface area contributed by atoms with E-state index in [2.05, 4.69) is 10.3 Å². The van der Waals surface area contributed by atoms with E-state index in [1.54, 1.807) is 6.92 Å². The molecule has 1 aromatic carbocycles. The minimum atomic E-state index is -3.85. The van der Waals surface area contributed by atoms with Crippen molar-refractivity contribution in [3.63, 3.8) is 0 Å². The lowest BCUT2D eigenvalue weighted by Gasteiger charge is -2.15. The average Bonchev–Trinajstić information content (AvgIpc) is 3.23. The molecule has 3 aromatic rings. The number of thiazole rings is 1. The maximum Gasteiger partial charge on any atom is 0.252 e. The minimum Gasteiger partial charge on any atom is -0.301 e. The standard InChI is InChI=1S/C17H14ClF2N3O3S3/c1-9-16(10-3-4-11(19)12(20)7-10)22-17(27-9)21-14(24)8-23(2)29(25,26)15-6-5-13(18)28-15/h3-7H,8H2,1-2H3,(H,21,22,24). The normalized spacial score (nSPS) is 11.8. The number of carbonyl (C=O) groups excluding carboxylic acids is 1. The van der Waals surface area contributed by atoms with Crippen molar-refractivity contribution in [2.45, 2.75) is 11.1 Å². The lowest BCUT2D eigenvalue weighted by Crippen LogP contribution is -2.34. The monoisotopic (exact) mass is 477 g/mol. The van der Waals surface area contributed by atoms with Gasteiger partial charge in [0, 0.05) is 17.5 Å². The van der Waals surface area contributed by atoms with Gasteiger partial charge in [0.15, 0.2) is 16.8 Å². The van der Waals surface area contributed by atoms with Crippen molar-refractivity contribution in [3.05, 3.63) is 51.2 Å². The number of aryl methyl sites for hydroxylation is 1. The molecule has 0 radical (unpaired) electrons. The highest BCUT2D eigenvalue weighted by Gasteiger charge is 2.25. The molecule has 0 aliphatic rings. The van der Waals surface area contributed by atoms with Crippen molar-refractivity contribution in [2.75, 3.05) is 18.9 Å². The molecule has 29 heavy (non-hydrogen) atoms. The molecule has 3 rings (SSSR count). The molecule has 0 spiro atoms. The van der Waals surface area contributed by atoms with Gasteiger partial charge in [-0.15, -0.1) is 22.7 Å². The van der Waals surface area contributed by atoms with E-state index < -0.39 is 34.1 Å². The van der Waals surface area contributed by atoms with Crippen LogP contribution >= 0.6 is 34.3 Å². The maximum atomic E-state index is 13.5. The Morgan fingerprint density at radius 3 is 2.55 bits per heavy atom. The number of aromatic nitrogens is 1. The Bertz CT molecular complexity index is 1180. The molecule has 1 amide bonds. The molecular formula is C17H14ClF2N3O3S3. The van der Waals surface area contributed by atoms with Crippen LogP contribution in [0.4, 0.5) is 13.9 Å². The van der Waals surface area contributed by atoms with Crippen LogP contribution in [0.2, 0.25) is 4.34 Å². The Kier molecular flexibility index (Phi) is 6.34. The summed E-state index contributed by atoms with van der Waals surface area (Å²) in [4.78, 5) is 17.2. The van der Waals surface area contributed by atoms with Crippen molar-refractivity contribution in [3.8, 4) is 11.3 Å². The quantitative estimate of drug-likeness (QED) is 0.571. The van der Waals surface area contributed by atoms with Crippen molar-refractivity contribution < 1.29 is 22.0 Å². The molecule has 0 fully saturated rings. The van der Waals surface area contributed by atoms with E-state index in [0.717, 1.165) is 39.1 Å². The van der Waals surface area contributed by atoms with Crippen LogP contribution in [-0.2, 0) is 14.8 Å². The summed E-state index contributed by atoms with van der Waals surface area (Å²) < 4.78 is 52.8. The van der Waals surface area contributed by atoms with Gasteiger partial charge in [0.1, 0.15) is 4.21 Å². The summed E-state index contributed by atoms with van der Waals surface area (Å²) in [5.41, 5.74) is 0.769. The summed E-state index contributed by atoms with van der Waals surface area (Å²) in [6.45, 7) is 1.29. The van der Waals surface area contributed by atoms with Crippen LogP contribution in [0, 0.1) is 18.6 Å². The fourth-order valence-electron chi connectivity index (χ4n) is 2.40. The molecule has 12 heteroatoms. The number of hydrogen-bond acceptors (Lipinski definition) is 6. The number of nitrogens with zero attached hydrogens (tertiary/aromatic N) is 2. The third-order valence-electron chi connectivity index (χ3n) is 3.82. The molecule has 0 saturated heterocycles. The second kappa shape index (κ2) is 8.44. The number of rotatable bonds is 6. The van der Waals surface area contributed by atoms with Gasteiger partial charge >= 0.3 is 0 Å². The lowest BCUT2D eigenvalue weighted by molar-refractivity contribution is -0.116. The molecule has 0 bridgehead atoms. The number of carbonyl (C=O) groups is 1. The van der Waals surface area contributed by atoms with Crippen LogP contribution in [0.5, 0.6) is 0 Å². The van der Waals surface area contributed by atoms with Gasteiger partial charge in [-0.25, -0.2) is 22.2 Å². The van der Waals surface area contributed by atoms with Crippen LogP contribution in [0.25, 0.3) is 11.3 Å². The van der Waals surface area contributed by atoms with E-state index in [0.29, 0.717) is 20.5 Å². The summed E-state index contributed by atoms with van der Waals surface area (Å²) in [6, 6.07) is 6.24. The van der Waals surface area contributed by atoms with E-state index in [1.807, 2.05) is 0 Å². The van der Waals surface area contributed by atoms with Gasteiger partial charge in [-0.1, -0.05) is 11.6 Å². The molecule has 6 nitrogen and oxygen atoms in total. The van der Waals surface area contributed by atoms with Crippen molar-refractivity contribution in [1.82, 2.24) is 9.29 Å². The number of nitrogens with one attached hydrogen (secondary N) is 1. The summed E-state index contributed by atoms with van der Waals surface area (Å²) >= 11 is 7.81. The number of thiophene rings is 1. The van der Waals surface area contributed by atoms with Gasteiger partial charge in [-0.3, -0.25) is 4.79 Å². The lowest BCUT2D eigenvalue weighted by atomic mass is 10.1. The first kappa shape index (κ1) is 21.8. The SMILES string of the molecule is Cc1sc(NC(=O)CN(C)S(=O)(=O)c2ccc(Cl)s2)nc1-c1ccc(F)c(F)c1. The van der Waals surface area contributed by atoms with Gasteiger partial charge in [-0.05, 0) is 37.3 Å². The second-order valence-electron chi connectivity index (χ2n) is 5.92. The molecule has 0 saturated carbocycles. The molecule has 154 valence electrons. The Morgan fingerprint density at radius 2 is 1.93 bits per heavy atom. The summed E-state index contributed by atoms with van der Waals surface area (Å²) in [5, 5.41) is 2.75. The van der Waals surface area contributed by atoms with Crippen LogP contribution in [-0.4, -0.2) is 37.2 Å². The van der Waals surface area contributed by atoms with E-state index in [1.165, 1.54) is 25.2 Å². The largest absolute Gasteiger partial charge is 0.301 e. The summed E-state index contributed by atoms with van der Waals surface area (Å²) in [6.07, 6.45) is 0. The number of likely N-dealkylation sites (N-methyl/N-ethyl adjacent to an activating group) is 1. The molecule has 2 heterocycles. The van der Waals surface area contributed by atoms with Gasteiger partial charge in [-0.2, -0.15) is 4.31 Å². The number of anilines is 1. The first-order chi connectivity index (χ1) is 13.6. The zero-order chi connectivity index (χ0) is 21.3. The third kappa shape index (κ3) is 4.81. The summed E-state index contributed by atoms with van der Waals surface area (Å²) in [7, 11) is -2.57. The number of benzene rings is 1. The van der Waals surface area contributed by atoms with E-state index in [4.69, 9.17) is 11.6 Å². The first-order valence-electron chi connectivity index (χ1n) is 8.02. The van der Waals surface area contributed by atoms with E-state index in [-0.39, 0.29) is 9.34 Å². The van der Waals surface area contributed by atoms with Gasteiger partial charge in [0.2, 0.25) is 5.91 Å². The van der Waals surface area contributed by atoms with E-state index >= 15 is 0 Å². The zero-order valence-electron chi connectivity index (χ0n) is 15.1. The zero-order valence-corrected chi connectivity index (χ0v) is 18.3. The third-order valence-corrected chi connectivity index (χ3v) is 8.20. The second-order valence-corrected chi connectivity index (χ2v) is 11.1. The molecule has 0 aliphatic heterocycles. The number of halogens is 3. The van der Waals surface area contributed by atoms with Crippen LogP contribution in [0.3, 0.4) is 0 Å². The van der Waals surface area contributed by atoms with Gasteiger partial charge in [0.05, 0.1) is 16.6 Å². The van der Waals surface area contributed by atoms with Crippen LogP contribution in [0.15, 0.2) is 34.5 Å². The first-order valence-corrected chi connectivity index (χ1v) is 11.5. The number of hydrogen-bond donors (Lipinski definition) is 1. The highest BCUT2D eigenvalue weighted by molar-refractivity contribution is 7.91. The molecule has 1 N–H and O–H groups in total. The van der Waals surface area contributed by atoms with Crippen molar-refractivity contribution >= 4 is 55.3 Å². The molecule has 0 atom stereocenters. The van der Waals surface area contributed by atoms with Gasteiger partial charge < -0.3 is 5.32 Å². The number of sulfonamides is 1. The maximum absolute atomic E-state index is 13.5. The van der Waals surface area contributed by atoms with Crippen LogP contribution < -0.4 is 5.32 Å². The Labute approximate surface area is 178 Å². The highest BCUT2D eigenvalue weighted by atomic mass is 35.5.